The van der Waals surface area contributed by atoms with E-state index in [0.717, 1.165) is 49.9 Å². The maximum absolute atomic E-state index is 10.2. The predicted molar refractivity (Wildman–Crippen MR) is 162 cm³/mol. The molecule has 0 saturated carbocycles. The van der Waals surface area contributed by atoms with Crippen molar-refractivity contribution in [1.29, 1.82) is 5.26 Å². The average molecular weight is 522 g/mol. The molecule has 0 radical (unpaired) electrons. The minimum absolute atomic E-state index is 0.635. The number of nitriles is 1. The molecular weight excluding hydrogens is 492 g/mol. The molecule has 3 nitrogen and oxygen atoms in total. The summed E-state index contributed by atoms with van der Waals surface area (Å²) in [7, 11) is 0.211. The highest BCUT2D eigenvalue weighted by molar-refractivity contribution is 7.03. The number of hydrogen-bond donors (Lipinski definition) is 0. The molecule has 188 valence electrons. The molecule has 39 heavy (non-hydrogen) atoms. The van der Waals surface area contributed by atoms with Crippen molar-refractivity contribution in [1.82, 2.24) is 0 Å². The number of pyridine rings is 1. The van der Waals surface area contributed by atoms with E-state index in [4.69, 9.17) is 4.42 Å². The highest BCUT2D eigenvalue weighted by atomic mass is 28.3. The molecule has 3 heterocycles. The lowest BCUT2D eigenvalue weighted by molar-refractivity contribution is -0.660. The highest BCUT2D eigenvalue weighted by Gasteiger charge is 2.37. The fraction of sp³-hybridized carbons (Fsp3) is 0.143. The first kappa shape index (κ1) is 23.6. The molecule has 0 N–H and O–H groups in total. The van der Waals surface area contributed by atoms with E-state index in [1.165, 1.54) is 27.1 Å². The van der Waals surface area contributed by atoms with Crippen molar-refractivity contribution < 1.29 is 8.98 Å². The highest BCUT2D eigenvalue weighted by Crippen LogP contribution is 2.42. The summed E-state index contributed by atoms with van der Waals surface area (Å²) in [5.41, 5.74) is 11.5. The Balaban J connectivity index is 1.53. The van der Waals surface area contributed by atoms with Gasteiger partial charge >= 0.3 is 0 Å². The Morgan fingerprint density at radius 1 is 0.769 bits per heavy atom. The van der Waals surface area contributed by atoms with Crippen LogP contribution in [-0.4, -0.2) is 8.07 Å². The molecule has 0 fully saturated rings. The van der Waals surface area contributed by atoms with E-state index < -0.39 is 8.07 Å². The molecule has 0 saturated heterocycles. The fourth-order valence-electron chi connectivity index (χ4n) is 6.48. The zero-order valence-corrected chi connectivity index (χ0v) is 23.9. The van der Waals surface area contributed by atoms with Gasteiger partial charge in [-0.15, -0.1) is 0 Å². The Kier molecular flexibility index (Phi) is 5.01. The van der Waals surface area contributed by atoms with Crippen molar-refractivity contribution in [3.05, 3.63) is 102 Å². The maximum Gasteiger partial charge on any atom is 0.216 e. The fourth-order valence-corrected chi connectivity index (χ4v) is 9.59. The zero-order valence-electron chi connectivity index (χ0n) is 22.9. The second-order valence-electron chi connectivity index (χ2n) is 11.3. The number of rotatable bonds is 2. The molecule has 0 bridgehead atoms. The summed E-state index contributed by atoms with van der Waals surface area (Å²) in [4.78, 5) is 0. The van der Waals surface area contributed by atoms with Gasteiger partial charge in [-0.25, -0.2) is 4.57 Å². The Morgan fingerprint density at radius 2 is 1.49 bits per heavy atom. The van der Waals surface area contributed by atoms with E-state index in [2.05, 4.69) is 118 Å². The number of fused-ring (bicyclic) bond motifs is 6. The Bertz CT molecular complexity index is 2040. The molecule has 1 aliphatic rings. The van der Waals surface area contributed by atoms with Gasteiger partial charge in [0.1, 0.15) is 26.3 Å². The van der Waals surface area contributed by atoms with Crippen LogP contribution >= 0.6 is 0 Å². The molecule has 4 heteroatoms. The van der Waals surface area contributed by atoms with Crippen molar-refractivity contribution >= 4 is 40.4 Å². The summed E-state index contributed by atoms with van der Waals surface area (Å²) in [6.45, 7) is 9.10. The van der Waals surface area contributed by atoms with Crippen molar-refractivity contribution in [2.45, 2.75) is 26.9 Å². The van der Waals surface area contributed by atoms with E-state index in [-0.39, 0.29) is 0 Å². The van der Waals surface area contributed by atoms with E-state index in [1.54, 1.807) is 0 Å². The van der Waals surface area contributed by atoms with E-state index in [0.29, 0.717) is 5.56 Å². The number of hydrogen-bond acceptors (Lipinski definition) is 2. The topological polar surface area (TPSA) is 40.8 Å². The molecule has 0 unspecified atom stereocenters. The van der Waals surface area contributed by atoms with Gasteiger partial charge in [-0.2, -0.15) is 5.26 Å². The molecule has 0 spiro atoms. The van der Waals surface area contributed by atoms with E-state index >= 15 is 0 Å². The summed E-state index contributed by atoms with van der Waals surface area (Å²) in [6, 6.07) is 30.7. The lowest BCUT2D eigenvalue weighted by Crippen LogP contribution is -2.49. The van der Waals surface area contributed by atoms with Crippen LogP contribution in [0.3, 0.4) is 0 Å². The van der Waals surface area contributed by atoms with Crippen LogP contribution in [0.2, 0.25) is 13.1 Å². The zero-order chi connectivity index (χ0) is 27.1. The summed E-state index contributed by atoms with van der Waals surface area (Å²) in [5, 5.41) is 15.2. The molecule has 0 amide bonds. The van der Waals surface area contributed by atoms with E-state index in [1.807, 2.05) is 12.1 Å². The van der Waals surface area contributed by atoms with Crippen LogP contribution in [0.25, 0.3) is 55.4 Å². The van der Waals surface area contributed by atoms with Crippen LogP contribution in [0.4, 0.5) is 0 Å². The first-order valence-electron chi connectivity index (χ1n) is 13.4. The standard InChI is InChI=1S/C35H29N2OSi/c1-21-16-17-37(3)29(18-21)32-22(2)10-13-27-28-15-12-24(20-36)33(35(28)38-34(27)32)23-11-14-26-25-8-6-7-9-30(25)39(4,5)31(26)19-23/h6-19H,1-5H3/q+1. The van der Waals surface area contributed by atoms with Crippen LogP contribution in [0.15, 0.2) is 89.5 Å². The van der Waals surface area contributed by atoms with Crippen molar-refractivity contribution in [2.75, 3.05) is 0 Å². The second kappa shape index (κ2) is 8.27. The van der Waals surface area contributed by atoms with Gasteiger partial charge in [0.25, 0.3) is 0 Å². The van der Waals surface area contributed by atoms with Crippen molar-refractivity contribution in [3.63, 3.8) is 0 Å². The van der Waals surface area contributed by atoms with Crippen molar-refractivity contribution in [2.24, 2.45) is 7.05 Å². The van der Waals surface area contributed by atoms with Gasteiger partial charge in [0, 0.05) is 28.5 Å². The van der Waals surface area contributed by atoms with Gasteiger partial charge in [-0.05, 0) is 64.2 Å². The third-order valence-electron chi connectivity index (χ3n) is 8.57. The summed E-state index contributed by atoms with van der Waals surface area (Å²) < 4.78 is 8.97. The molecule has 7 rings (SSSR count). The van der Waals surface area contributed by atoms with Gasteiger partial charge in [0.2, 0.25) is 5.69 Å². The second-order valence-corrected chi connectivity index (χ2v) is 15.7. The number of aromatic nitrogens is 1. The Morgan fingerprint density at radius 3 is 2.28 bits per heavy atom. The molecule has 0 atom stereocenters. The summed E-state index contributed by atoms with van der Waals surface area (Å²) in [6.07, 6.45) is 2.10. The van der Waals surface area contributed by atoms with Gasteiger partial charge in [-0.3, -0.25) is 0 Å². The van der Waals surface area contributed by atoms with Gasteiger partial charge < -0.3 is 4.42 Å². The molecular formula is C35H29N2OSi+. The number of aryl methyl sites for hydroxylation is 3. The average Bonchev–Trinajstić information content (AvgIpc) is 3.42. The quantitative estimate of drug-likeness (QED) is 0.181. The lowest BCUT2D eigenvalue weighted by atomic mass is 9.94. The molecule has 2 aromatic heterocycles. The minimum Gasteiger partial charge on any atom is -0.454 e. The largest absolute Gasteiger partial charge is 0.454 e. The molecule has 0 aliphatic carbocycles. The van der Waals surface area contributed by atoms with Gasteiger partial charge in [0.05, 0.1) is 17.2 Å². The van der Waals surface area contributed by atoms with Crippen LogP contribution < -0.4 is 14.9 Å². The summed E-state index contributed by atoms with van der Waals surface area (Å²) >= 11 is 0. The monoisotopic (exact) mass is 521 g/mol. The van der Waals surface area contributed by atoms with Crippen LogP contribution in [0.1, 0.15) is 16.7 Å². The number of benzene rings is 4. The third-order valence-corrected chi connectivity index (χ3v) is 12.1. The molecule has 1 aliphatic heterocycles. The third kappa shape index (κ3) is 3.30. The molecule has 4 aromatic carbocycles. The lowest BCUT2D eigenvalue weighted by Gasteiger charge is -2.19. The van der Waals surface area contributed by atoms with Crippen LogP contribution in [-0.2, 0) is 7.05 Å². The summed E-state index contributed by atoms with van der Waals surface area (Å²) in [5.74, 6) is 0. The number of furan rings is 1. The first-order valence-corrected chi connectivity index (χ1v) is 16.4. The van der Waals surface area contributed by atoms with E-state index in [9.17, 15) is 5.26 Å². The van der Waals surface area contributed by atoms with Gasteiger partial charge in [-0.1, -0.05) is 67.7 Å². The Hall–Kier alpha value is -4.46. The predicted octanol–water partition coefficient (Wildman–Crippen LogP) is 7.04. The smallest absolute Gasteiger partial charge is 0.216 e. The normalized spacial score (nSPS) is 13.4. The number of nitrogens with zero attached hydrogens (tertiary/aromatic N) is 2. The molecule has 6 aromatic rings. The van der Waals surface area contributed by atoms with Gasteiger partial charge in [0.15, 0.2) is 6.20 Å². The minimum atomic E-state index is -1.86. The van der Waals surface area contributed by atoms with Crippen LogP contribution in [0, 0.1) is 25.2 Å². The van der Waals surface area contributed by atoms with Crippen molar-refractivity contribution in [3.8, 4) is 39.6 Å². The first-order chi connectivity index (χ1) is 18.8. The maximum atomic E-state index is 10.2. The van der Waals surface area contributed by atoms with Crippen LogP contribution in [0.5, 0.6) is 0 Å². The Labute approximate surface area is 229 Å². The SMILES string of the molecule is Cc1cc[n+](C)c(-c2c(C)ccc3c2oc2c(-c4ccc5c(c4)[Si](C)(C)c4ccccc4-5)c(C#N)ccc23)c1.